The molecule has 1 aliphatic rings. The smallest absolute Gasteiger partial charge is 0.347 e. The molecule has 0 aromatic heterocycles. The Labute approximate surface area is 159 Å². The number of nitrogens with zero attached hydrogens (tertiary/aromatic N) is 1. The number of hydrogen-bond donors (Lipinski definition) is 0. The lowest BCUT2D eigenvalue weighted by atomic mass is 9.98. The Morgan fingerprint density at radius 3 is 2.70 bits per heavy atom. The minimum atomic E-state index is -0.621. The van der Waals surface area contributed by atoms with Gasteiger partial charge in [-0.1, -0.05) is 31.5 Å². The second-order valence-electron chi connectivity index (χ2n) is 6.57. The minimum absolute atomic E-state index is 0.134. The van der Waals surface area contributed by atoms with Gasteiger partial charge in [0, 0.05) is 23.4 Å². The summed E-state index contributed by atoms with van der Waals surface area (Å²) in [4.78, 5) is 17.2. The van der Waals surface area contributed by atoms with Crippen LogP contribution in [0.25, 0.3) is 0 Å². The van der Waals surface area contributed by atoms with Gasteiger partial charge in [0.05, 0.1) is 6.61 Å². The van der Waals surface area contributed by atoms with Crippen LogP contribution in [0.4, 0.5) is 4.39 Å². The van der Waals surface area contributed by atoms with E-state index in [9.17, 15) is 4.79 Å². The molecule has 1 heterocycles. The van der Waals surface area contributed by atoms with Gasteiger partial charge in [0.2, 0.25) is 0 Å². The minimum Gasteiger partial charge on any atom is -0.493 e. The number of unbranched alkanes of at least 4 members (excludes halogenated alkanes) is 1. The number of carbonyl (C=O) groups excluding carboxylic acids is 1. The molecule has 0 radical (unpaired) electrons. The number of rotatable bonds is 7. The van der Waals surface area contributed by atoms with Crippen LogP contribution in [0.5, 0.6) is 11.5 Å². The number of benzene rings is 2. The number of halogens is 1. The number of hydrogen-bond acceptors (Lipinski definition) is 4. The summed E-state index contributed by atoms with van der Waals surface area (Å²) in [6.45, 7) is 4.81. The molecule has 0 amide bonds. The van der Waals surface area contributed by atoms with Crippen molar-refractivity contribution >= 4 is 11.7 Å². The molecule has 0 bridgehead atoms. The zero-order valence-corrected chi connectivity index (χ0v) is 15.8. The van der Waals surface area contributed by atoms with Crippen molar-refractivity contribution in [3.8, 4) is 11.5 Å². The Bertz CT molecular complexity index is 846. The van der Waals surface area contributed by atoms with E-state index in [0.29, 0.717) is 30.2 Å². The topological polar surface area (TPSA) is 47.9 Å². The SMILES string of the molecule is CCCCOc1cc(C2=NCCC2)c(F)c(C)c1C(=O)Oc1ccccc1. The largest absolute Gasteiger partial charge is 0.493 e. The molecule has 5 heteroatoms. The standard InChI is InChI=1S/C22H24FNO3/c1-3-4-13-26-19-14-17(18-11-8-12-24-18)21(23)15(2)20(19)22(25)27-16-9-6-5-7-10-16/h5-7,9-10,14H,3-4,8,11-13H2,1-2H3. The average molecular weight is 369 g/mol. The molecule has 0 spiro atoms. The highest BCUT2D eigenvalue weighted by atomic mass is 19.1. The van der Waals surface area contributed by atoms with E-state index in [0.717, 1.165) is 31.4 Å². The molecule has 2 aromatic rings. The van der Waals surface area contributed by atoms with Crippen LogP contribution in [0.2, 0.25) is 0 Å². The van der Waals surface area contributed by atoms with Crippen molar-refractivity contribution in [2.75, 3.05) is 13.2 Å². The van der Waals surface area contributed by atoms with Gasteiger partial charge in [-0.05, 0) is 44.4 Å². The third-order valence-electron chi connectivity index (χ3n) is 4.56. The Morgan fingerprint density at radius 1 is 1.26 bits per heavy atom. The maximum Gasteiger partial charge on any atom is 0.347 e. The molecular formula is C22H24FNO3. The number of aliphatic imine (C=N–C) groups is 1. The van der Waals surface area contributed by atoms with E-state index in [-0.39, 0.29) is 11.1 Å². The molecule has 142 valence electrons. The Kier molecular flexibility index (Phi) is 6.22. The molecule has 0 unspecified atom stereocenters. The van der Waals surface area contributed by atoms with E-state index in [2.05, 4.69) is 11.9 Å². The average Bonchev–Trinajstić information content (AvgIpc) is 3.20. The first-order valence-electron chi connectivity index (χ1n) is 9.38. The molecule has 2 aromatic carbocycles. The molecule has 27 heavy (non-hydrogen) atoms. The van der Waals surface area contributed by atoms with Gasteiger partial charge in [0.25, 0.3) is 0 Å². The van der Waals surface area contributed by atoms with Crippen LogP contribution in [0.15, 0.2) is 41.4 Å². The van der Waals surface area contributed by atoms with Gasteiger partial charge < -0.3 is 9.47 Å². The molecule has 0 saturated carbocycles. The first-order valence-corrected chi connectivity index (χ1v) is 9.38. The monoisotopic (exact) mass is 369 g/mol. The van der Waals surface area contributed by atoms with E-state index >= 15 is 4.39 Å². The number of carbonyl (C=O) groups is 1. The van der Waals surface area contributed by atoms with Gasteiger partial charge in [-0.15, -0.1) is 0 Å². The van der Waals surface area contributed by atoms with Crippen LogP contribution >= 0.6 is 0 Å². The maximum absolute atomic E-state index is 15.0. The van der Waals surface area contributed by atoms with Crippen LogP contribution in [-0.4, -0.2) is 24.8 Å². The summed E-state index contributed by atoms with van der Waals surface area (Å²) in [7, 11) is 0. The van der Waals surface area contributed by atoms with Crippen molar-refractivity contribution in [1.82, 2.24) is 0 Å². The van der Waals surface area contributed by atoms with Crippen LogP contribution in [0.3, 0.4) is 0 Å². The predicted molar refractivity (Wildman–Crippen MR) is 104 cm³/mol. The third-order valence-corrected chi connectivity index (χ3v) is 4.56. The third kappa shape index (κ3) is 4.35. The van der Waals surface area contributed by atoms with Crippen LogP contribution in [0.1, 0.15) is 54.1 Å². The lowest BCUT2D eigenvalue weighted by molar-refractivity contribution is 0.0728. The highest BCUT2D eigenvalue weighted by Gasteiger charge is 2.26. The molecule has 0 fully saturated rings. The number of esters is 1. The summed E-state index contributed by atoms with van der Waals surface area (Å²) < 4.78 is 26.3. The zero-order chi connectivity index (χ0) is 19.2. The first kappa shape index (κ1) is 19.1. The van der Waals surface area contributed by atoms with Crippen molar-refractivity contribution in [2.45, 2.75) is 39.5 Å². The van der Waals surface area contributed by atoms with Gasteiger partial charge in [-0.3, -0.25) is 4.99 Å². The summed E-state index contributed by atoms with van der Waals surface area (Å²) in [5.74, 6) is -0.290. The van der Waals surface area contributed by atoms with E-state index < -0.39 is 11.8 Å². The van der Waals surface area contributed by atoms with Crippen molar-refractivity contribution in [2.24, 2.45) is 4.99 Å². The van der Waals surface area contributed by atoms with Crippen LogP contribution in [-0.2, 0) is 0 Å². The number of para-hydroxylation sites is 1. The van der Waals surface area contributed by atoms with Crippen molar-refractivity contribution < 1.29 is 18.7 Å². The maximum atomic E-state index is 15.0. The van der Waals surface area contributed by atoms with Crippen molar-refractivity contribution in [1.29, 1.82) is 0 Å². The predicted octanol–water partition coefficient (Wildman–Crippen LogP) is 5.12. The van der Waals surface area contributed by atoms with Gasteiger partial charge >= 0.3 is 5.97 Å². The van der Waals surface area contributed by atoms with Crippen LogP contribution < -0.4 is 9.47 Å². The molecular weight excluding hydrogens is 345 g/mol. The second-order valence-corrected chi connectivity index (χ2v) is 6.57. The Hall–Kier alpha value is -2.69. The summed E-state index contributed by atoms with van der Waals surface area (Å²) in [5, 5.41) is 0. The Morgan fingerprint density at radius 2 is 2.04 bits per heavy atom. The van der Waals surface area contributed by atoms with Gasteiger partial charge in [-0.2, -0.15) is 0 Å². The molecule has 0 N–H and O–H groups in total. The van der Waals surface area contributed by atoms with Crippen molar-refractivity contribution in [3.63, 3.8) is 0 Å². The Balaban J connectivity index is 1.99. The van der Waals surface area contributed by atoms with Crippen molar-refractivity contribution in [3.05, 3.63) is 58.9 Å². The quantitative estimate of drug-likeness (QED) is 0.387. The highest BCUT2D eigenvalue weighted by Crippen LogP contribution is 2.31. The van der Waals surface area contributed by atoms with Gasteiger partial charge in [0.1, 0.15) is 22.9 Å². The number of ether oxygens (including phenoxy) is 2. The fourth-order valence-electron chi connectivity index (χ4n) is 3.07. The lowest BCUT2D eigenvalue weighted by Crippen LogP contribution is -2.16. The molecule has 1 aliphatic heterocycles. The van der Waals surface area contributed by atoms with E-state index in [1.807, 2.05) is 6.07 Å². The molecule has 3 rings (SSSR count). The first-order chi connectivity index (χ1) is 13.1. The normalized spacial score (nSPS) is 13.4. The van der Waals surface area contributed by atoms with Gasteiger partial charge in [-0.25, -0.2) is 9.18 Å². The fourth-order valence-corrected chi connectivity index (χ4v) is 3.07. The fraction of sp³-hybridized carbons (Fsp3) is 0.364. The van der Waals surface area contributed by atoms with E-state index in [1.54, 1.807) is 37.3 Å². The van der Waals surface area contributed by atoms with E-state index in [1.165, 1.54) is 0 Å². The lowest BCUT2D eigenvalue weighted by Gasteiger charge is -2.17. The zero-order valence-electron chi connectivity index (χ0n) is 15.8. The highest BCUT2D eigenvalue weighted by molar-refractivity contribution is 6.04. The molecule has 0 atom stereocenters. The summed E-state index contributed by atoms with van der Waals surface area (Å²) in [5.41, 5.74) is 1.52. The molecule has 4 nitrogen and oxygen atoms in total. The molecule has 0 saturated heterocycles. The van der Waals surface area contributed by atoms with Gasteiger partial charge in [0.15, 0.2) is 0 Å². The van der Waals surface area contributed by atoms with E-state index in [4.69, 9.17) is 9.47 Å². The molecule has 0 aliphatic carbocycles. The summed E-state index contributed by atoms with van der Waals surface area (Å²) >= 11 is 0. The summed E-state index contributed by atoms with van der Waals surface area (Å²) in [6, 6.07) is 10.3. The van der Waals surface area contributed by atoms with Crippen LogP contribution in [0, 0.1) is 12.7 Å². The second kappa shape index (κ2) is 8.80. The summed E-state index contributed by atoms with van der Waals surface area (Å²) in [6.07, 6.45) is 3.46.